The van der Waals surface area contributed by atoms with E-state index >= 15 is 0 Å². The molecule has 1 saturated carbocycles. The zero-order valence-electron chi connectivity index (χ0n) is 8.40. The molecule has 0 bridgehead atoms. The molecule has 0 aromatic carbocycles. The fraction of sp³-hybridized carbons (Fsp3) is 0.900. The Balaban J connectivity index is 2.21. The maximum absolute atomic E-state index is 11.4. The van der Waals surface area contributed by atoms with Crippen molar-refractivity contribution in [3.63, 3.8) is 0 Å². The van der Waals surface area contributed by atoms with E-state index in [0.717, 1.165) is 6.54 Å². The van der Waals surface area contributed by atoms with Gasteiger partial charge in [0.15, 0.2) is 0 Å². The molecule has 3 heteroatoms. The molecule has 1 unspecified atom stereocenters. The molecule has 1 fully saturated rings. The number of amides is 1. The van der Waals surface area contributed by atoms with E-state index in [1.54, 1.807) is 0 Å². The maximum atomic E-state index is 11.4. The second-order valence-corrected chi connectivity index (χ2v) is 4.75. The van der Waals surface area contributed by atoms with Crippen molar-refractivity contribution < 1.29 is 4.79 Å². The third-order valence-corrected chi connectivity index (χ3v) is 3.39. The lowest BCUT2D eigenvalue weighted by molar-refractivity contribution is -0.124. The molecule has 0 heterocycles. The van der Waals surface area contributed by atoms with Gasteiger partial charge in [0.25, 0.3) is 0 Å². The predicted octanol–water partition coefficient (Wildman–Crippen LogP) is 2.17. The molecular formula is C10H18ClNO. The van der Waals surface area contributed by atoms with Gasteiger partial charge in [-0.3, -0.25) is 4.79 Å². The van der Waals surface area contributed by atoms with Gasteiger partial charge in [0.1, 0.15) is 0 Å². The third kappa shape index (κ3) is 2.87. The van der Waals surface area contributed by atoms with Crippen molar-refractivity contribution in [2.75, 3.05) is 12.4 Å². The van der Waals surface area contributed by atoms with Crippen LogP contribution in [0.2, 0.25) is 0 Å². The largest absolute Gasteiger partial charge is 0.355 e. The van der Waals surface area contributed by atoms with Gasteiger partial charge in [-0.2, -0.15) is 0 Å². The summed E-state index contributed by atoms with van der Waals surface area (Å²) in [6.07, 6.45) is 3.78. The first-order valence-corrected chi connectivity index (χ1v) is 5.44. The normalized spacial score (nSPS) is 21.8. The summed E-state index contributed by atoms with van der Waals surface area (Å²) in [7, 11) is 0. The average Bonchev–Trinajstić information content (AvgIpc) is 2.09. The molecule has 0 aromatic heterocycles. The van der Waals surface area contributed by atoms with E-state index in [0.29, 0.717) is 11.3 Å². The van der Waals surface area contributed by atoms with E-state index in [1.165, 1.54) is 19.3 Å². The minimum atomic E-state index is -0.0645. The number of carbonyl (C=O) groups is 1. The van der Waals surface area contributed by atoms with Gasteiger partial charge in [0, 0.05) is 18.3 Å². The molecule has 0 saturated heterocycles. The first-order chi connectivity index (χ1) is 6.07. The van der Waals surface area contributed by atoms with Crippen LogP contribution in [0.4, 0.5) is 0 Å². The van der Waals surface area contributed by atoms with Crippen LogP contribution in [0.15, 0.2) is 0 Å². The first-order valence-electron chi connectivity index (χ1n) is 4.91. The number of carbonyl (C=O) groups excluding carboxylic acids is 1. The summed E-state index contributed by atoms with van der Waals surface area (Å²) in [4.78, 5) is 11.4. The number of hydrogen-bond donors (Lipinski definition) is 1. The summed E-state index contributed by atoms with van der Waals surface area (Å²) >= 11 is 5.58. The van der Waals surface area contributed by atoms with Gasteiger partial charge in [-0.15, -0.1) is 11.6 Å². The van der Waals surface area contributed by atoms with Gasteiger partial charge in [-0.1, -0.05) is 20.3 Å². The smallest absolute Gasteiger partial charge is 0.224 e. The Hall–Kier alpha value is -0.240. The van der Waals surface area contributed by atoms with Crippen molar-refractivity contribution in [2.24, 2.45) is 11.3 Å². The highest BCUT2D eigenvalue weighted by molar-refractivity contribution is 6.19. The highest BCUT2D eigenvalue weighted by atomic mass is 35.5. The molecule has 1 rings (SSSR count). The molecule has 13 heavy (non-hydrogen) atoms. The summed E-state index contributed by atoms with van der Waals surface area (Å²) in [5.74, 6) is 0.427. The van der Waals surface area contributed by atoms with Crippen LogP contribution in [-0.2, 0) is 4.79 Å². The van der Waals surface area contributed by atoms with Crippen molar-refractivity contribution in [3.8, 4) is 0 Å². The van der Waals surface area contributed by atoms with Gasteiger partial charge in [0.05, 0.1) is 0 Å². The van der Waals surface area contributed by atoms with Crippen LogP contribution in [-0.4, -0.2) is 18.3 Å². The highest BCUT2D eigenvalue weighted by Gasteiger charge is 2.32. The van der Waals surface area contributed by atoms with E-state index in [4.69, 9.17) is 11.6 Å². The Morgan fingerprint density at radius 3 is 2.62 bits per heavy atom. The minimum Gasteiger partial charge on any atom is -0.355 e. The minimum absolute atomic E-state index is 0.0645. The summed E-state index contributed by atoms with van der Waals surface area (Å²) < 4.78 is 0. The zero-order valence-corrected chi connectivity index (χ0v) is 9.16. The Morgan fingerprint density at radius 1 is 1.62 bits per heavy atom. The van der Waals surface area contributed by atoms with Crippen LogP contribution >= 0.6 is 11.6 Å². The molecule has 1 aliphatic rings. The van der Waals surface area contributed by atoms with Crippen LogP contribution in [0.3, 0.4) is 0 Å². The van der Waals surface area contributed by atoms with Crippen molar-refractivity contribution in [1.82, 2.24) is 5.32 Å². The van der Waals surface area contributed by atoms with Crippen LogP contribution in [0, 0.1) is 11.3 Å². The Labute approximate surface area is 85.0 Å². The monoisotopic (exact) mass is 203 g/mol. The third-order valence-electron chi connectivity index (χ3n) is 2.93. The van der Waals surface area contributed by atoms with Gasteiger partial charge >= 0.3 is 0 Å². The summed E-state index contributed by atoms with van der Waals surface area (Å²) in [5, 5.41) is 2.95. The molecule has 76 valence electrons. The van der Waals surface area contributed by atoms with E-state index in [9.17, 15) is 4.79 Å². The number of nitrogens with one attached hydrogen (secondary N) is 1. The fourth-order valence-electron chi connectivity index (χ4n) is 1.50. The predicted molar refractivity (Wildman–Crippen MR) is 54.9 cm³/mol. The Bertz CT molecular complexity index is 189. The number of rotatable bonds is 4. The van der Waals surface area contributed by atoms with Gasteiger partial charge in [0.2, 0.25) is 5.91 Å². The summed E-state index contributed by atoms with van der Waals surface area (Å²) in [5.41, 5.74) is 0.363. The molecule has 1 atom stereocenters. The molecule has 1 N–H and O–H groups in total. The lowest BCUT2D eigenvalue weighted by Gasteiger charge is -2.38. The lowest BCUT2D eigenvalue weighted by Crippen LogP contribution is -2.41. The van der Waals surface area contributed by atoms with Gasteiger partial charge < -0.3 is 5.32 Å². The van der Waals surface area contributed by atoms with Crippen molar-refractivity contribution in [3.05, 3.63) is 0 Å². The molecule has 0 radical (unpaired) electrons. The second kappa shape index (κ2) is 4.32. The molecule has 0 aliphatic heterocycles. The summed E-state index contributed by atoms with van der Waals surface area (Å²) in [6.45, 7) is 4.89. The number of hydrogen-bond acceptors (Lipinski definition) is 1. The van der Waals surface area contributed by atoms with Gasteiger partial charge in [-0.05, 0) is 18.3 Å². The Morgan fingerprint density at radius 2 is 2.23 bits per heavy atom. The average molecular weight is 204 g/mol. The summed E-state index contributed by atoms with van der Waals surface area (Å²) in [6, 6.07) is 0. The molecule has 2 nitrogen and oxygen atoms in total. The van der Waals surface area contributed by atoms with E-state index in [-0.39, 0.29) is 11.8 Å². The molecule has 1 aliphatic carbocycles. The zero-order chi connectivity index (χ0) is 9.90. The fourth-order valence-corrected chi connectivity index (χ4v) is 1.64. The highest BCUT2D eigenvalue weighted by Crippen LogP contribution is 2.39. The first kappa shape index (κ1) is 10.8. The quantitative estimate of drug-likeness (QED) is 0.698. The number of alkyl halides is 1. The standard InChI is InChI=1S/C10H18ClNO/c1-8(6-11)9(13)12-7-10(2)4-3-5-10/h8H,3-7H2,1-2H3,(H,12,13). The Kier molecular flexibility index (Phi) is 3.60. The van der Waals surface area contributed by atoms with Crippen molar-refractivity contribution in [2.45, 2.75) is 33.1 Å². The molecule has 1 amide bonds. The molecule has 0 spiro atoms. The lowest BCUT2D eigenvalue weighted by atomic mass is 9.70. The SMILES string of the molecule is CC(CCl)C(=O)NCC1(C)CCC1. The molecule has 0 aromatic rings. The maximum Gasteiger partial charge on any atom is 0.224 e. The topological polar surface area (TPSA) is 29.1 Å². The van der Waals surface area contributed by atoms with Gasteiger partial charge in [-0.25, -0.2) is 0 Å². The van der Waals surface area contributed by atoms with Crippen LogP contribution in [0.25, 0.3) is 0 Å². The number of halogens is 1. The molecular weight excluding hydrogens is 186 g/mol. The second-order valence-electron chi connectivity index (χ2n) is 4.44. The van der Waals surface area contributed by atoms with Crippen LogP contribution < -0.4 is 5.32 Å². The van der Waals surface area contributed by atoms with E-state index < -0.39 is 0 Å². The van der Waals surface area contributed by atoms with E-state index in [2.05, 4.69) is 12.2 Å². The van der Waals surface area contributed by atoms with Crippen molar-refractivity contribution in [1.29, 1.82) is 0 Å². The van der Waals surface area contributed by atoms with E-state index in [1.807, 2.05) is 6.92 Å². The van der Waals surface area contributed by atoms with Crippen LogP contribution in [0.1, 0.15) is 33.1 Å². The van der Waals surface area contributed by atoms with Crippen molar-refractivity contribution >= 4 is 17.5 Å². The van der Waals surface area contributed by atoms with Crippen LogP contribution in [0.5, 0.6) is 0 Å².